The number of carbonyl (C=O) groups excluding carboxylic acids is 2. The van der Waals surface area contributed by atoms with Gasteiger partial charge in [0.05, 0.1) is 10.8 Å². The fraction of sp³-hybridized carbons (Fsp3) is 0.308. The van der Waals surface area contributed by atoms with Crippen LogP contribution in [0.15, 0.2) is 72.8 Å². The normalized spacial score (nSPS) is 24.2. The molecule has 2 aromatic rings. The molecule has 0 fully saturated rings. The Morgan fingerprint density at radius 3 is 1.30 bits per heavy atom. The van der Waals surface area contributed by atoms with E-state index in [1.807, 2.05) is 90.3 Å². The average Bonchev–Trinajstić information content (AvgIpc) is 3.07. The first kappa shape index (κ1) is 21.6. The van der Waals surface area contributed by atoms with Crippen LogP contribution in [-0.4, -0.2) is 25.9 Å². The highest BCUT2D eigenvalue weighted by Crippen LogP contribution is 2.45. The second kappa shape index (κ2) is 7.28. The highest BCUT2D eigenvalue weighted by molar-refractivity contribution is 6.10. The molecule has 2 amide bonds. The lowest BCUT2D eigenvalue weighted by Crippen LogP contribution is -2.36. The van der Waals surface area contributed by atoms with Crippen molar-refractivity contribution in [3.05, 3.63) is 84.0 Å². The Labute approximate surface area is 179 Å². The second-order valence-electron chi connectivity index (χ2n) is 8.57. The first-order valence-corrected chi connectivity index (χ1v) is 10.1. The molecule has 4 nitrogen and oxygen atoms in total. The van der Waals surface area contributed by atoms with E-state index in [-0.39, 0.29) is 11.8 Å². The average molecular weight is 403 g/mol. The molecule has 156 valence electrons. The maximum absolute atomic E-state index is 12.2. The zero-order chi connectivity index (χ0) is 22.4. The second-order valence-corrected chi connectivity index (χ2v) is 8.57. The lowest BCUT2D eigenvalue weighted by atomic mass is 9.78. The summed E-state index contributed by atoms with van der Waals surface area (Å²) in [7, 11) is 3.63. The number of amides is 2. The van der Waals surface area contributed by atoms with Gasteiger partial charge in [0, 0.05) is 25.5 Å². The molecule has 0 unspecified atom stereocenters. The van der Waals surface area contributed by atoms with Crippen molar-refractivity contribution in [2.24, 2.45) is 0 Å². The fourth-order valence-electron chi connectivity index (χ4n) is 4.32. The van der Waals surface area contributed by atoms with Crippen LogP contribution in [-0.2, 0) is 20.4 Å². The third kappa shape index (κ3) is 2.82. The predicted molar refractivity (Wildman–Crippen MR) is 124 cm³/mol. The number of nitrogens with zero attached hydrogens (tertiary/aromatic N) is 2. The van der Waals surface area contributed by atoms with Crippen molar-refractivity contribution in [1.29, 1.82) is 0 Å². The number of anilines is 2. The van der Waals surface area contributed by atoms with Gasteiger partial charge in [-0.3, -0.25) is 9.59 Å². The van der Waals surface area contributed by atoms with Gasteiger partial charge in [-0.2, -0.15) is 0 Å². The molecule has 2 aliphatic heterocycles. The monoisotopic (exact) mass is 402 g/mol. The van der Waals surface area contributed by atoms with E-state index in [2.05, 4.69) is 13.2 Å². The molecule has 2 aliphatic rings. The SMILES string of the molecule is C=C(C)[C@@]1(C)C(=O)N(C)c2ccccc21.C=C(C)[C@@]1(C)C(=O)N(C)c2ccccc21. The Hall–Kier alpha value is -3.14. The third-order valence-corrected chi connectivity index (χ3v) is 6.78. The van der Waals surface area contributed by atoms with Crippen LogP contribution in [0.3, 0.4) is 0 Å². The van der Waals surface area contributed by atoms with Crippen molar-refractivity contribution in [3.63, 3.8) is 0 Å². The first-order valence-electron chi connectivity index (χ1n) is 10.1. The summed E-state index contributed by atoms with van der Waals surface area (Å²) in [6.07, 6.45) is 0. The van der Waals surface area contributed by atoms with Crippen molar-refractivity contribution in [3.8, 4) is 0 Å². The molecule has 30 heavy (non-hydrogen) atoms. The van der Waals surface area contributed by atoms with Gasteiger partial charge in [-0.1, -0.05) is 60.7 Å². The molecule has 0 saturated carbocycles. The number of benzene rings is 2. The van der Waals surface area contributed by atoms with Crippen molar-refractivity contribution in [1.82, 2.24) is 0 Å². The van der Waals surface area contributed by atoms with Gasteiger partial charge in [0.25, 0.3) is 0 Å². The zero-order valence-corrected chi connectivity index (χ0v) is 18.7. The number of rotatable bonds is 2. The number of fused-ring (bicyclic) bond motifs is 2. The van der Waals surface area contributed by atoms with E-state index in [1.54, 1.807) is 9.80 Å². The van der Waals surface area contributed by atoms with Crippen molar-refractivity contribution < 1.29 is 9.59 Å². The Balaban J connectivity index is 0.000000171. The summed E-state index contributed by atoms with van der Waals surface area (Å²) in [4.78, 5) is 27.8. The third-order valence-electron chi connectivity index (χ3n) is 6.78. The van der Waals surface area contributed by atoms with Crippen LogP contribution in [0.2, 0.25) is 0 Å². The minimum atomic E-state index is -0.550. The summed E-state index contributed by atoms with van der Waals surface area (Å²) in [5, 5.41) is 0. The molecule has 0 aliphatic carbocycles. The maximum atomic E-state index is 12.2. The minimum Gasteiger partial charge on any atom is -0.314 e. The van der Waals surface area contributed by atoms with Crippen LogP contribution in [0.1, 0.15) is 38.8 Å². The standard InChI is InChI=1S/2C13H15NO/c2*1-9(2)13(3)10-7-5-6-8-11(10)14(4)12(13)15/h2*5-8H,1H2,2-4H3/t2*13-/m11/s1. The van der Waals surface area contributed by atoms with Crippen LogP contribution in [0, 0.1) is 0 Å². The quantitative estimate of drug-likeness (QED) is 0.664. The van der Waals surface area contributed by atoms with Gasteiger partial charge in [0.15, 0.2) is 0 Å². The van der Waals surface area contributed by atoms with E-state index in [9.17, 15) is 9.59 Å². The Kier molecular flexibility index (Phi) is 5.23. The minimum absolute atomic E-state index is 0.108. The predicted octanol–water partition coefficient (Wildman–Crippen LogP) is 4.99. The molecule has 2 heterocycles. The number of carbonyl (C=O) groups is 2. The molecule has 0 aromatic heterocycles. The van der Waals surface area contributed by atoms with Crippen LogP contribution in [0.5, 0.6) is 0 Å². The molecule has 4 rings (SSSR count). The highest BCUT2D eigenvalue weighted by atomic mass is 16.2. The van der Waals surface area contributed by atoms with Crippen molar-refractivity contribution in [2.75, 3.05) is 23.9 Å². The van der Waals surface area contributed by atoms with Gasteiger partial charge in [-0.15, -0.1) is 0 Å². The molecular weight excluding hydrogens is 372 g/mol. The fourth-order valence-corrected chi connectivity index (χ4v) is 4.32. The van der Waals surface area contributed by atoms with Gasteiger partial charge < -0.3 is 9.80 Å². The number of likely N-dealkylation sites (N-methyl/N-ethyl adjacent to an activating group) is 2. The number of para-hydroxylation sites is 2. The van der Waals surface area contributed by atoms with Gasteiger partial charge in [0.2, 0.25) is 11.8 Å². The van der Waals surface area contributed by atoms with Crippen molar-refractivity contribution in [2.45, 2.75) is 38.5 Å². The molecule has 2 atom stereocenters. The van der Waals surface area contributed by atoms with E-state index in [1.165, 1.54) is 0 Å². The summed E-state index contributed by atoms with van der Waals surface area (Å²) in [6, 6.07) is 15.8. The molecule has 0 N–H and O–H groups in total. The zero-order valence-electron chi connectivity index (χ0n) is 18.7. The van der Waals surface area contributed by atoms with Crippen molar-refractivity contribution >= 4 is 23.2 Å². The largest absolute Gasteiger partial charge is 0.314 e. The first-order chi connectivity index (χ1) is 14.0. The molecule has 0 bridgehead atoms. The van der Waals surface area contributed by atoms with E-state index in [0.717, 1.165) is 33.6 Å². The Morgan fingerprint density at radius 1 is 0.700 bits per heavy atom. The Morgan fingerprint density at radius 2 is 1.00 bits per heavy atom. The molecule has 0 saturated heterocycles. The van der Waals surface area contributed by atoms with E-state index >= 15 is 0 Å². The van der Waals surface area contributed by atoms with Gasteiger partial charge in [-0.25, -0.2) is 0 Å². The van der Waals surface area contributed by atoms with Crippen LogP contribution >= 0.6 is 0 Å². The van der Waals surface area contributed by atoms with E-state index < -0.39 is 10.8 Å². The smallest absolute Gasteiger partial charge is 0.241 e. The van der Waals surface area contributed by atoms with E-state index in [0.29, 0.717) is 0 Å². The Bertz CT molecular complexity index is 985. The molecular formula is C26H30N2O2. The maximum Gasteiger partial charge on any atom is 0.241 e. The molecule has 2 aromatic carbocycles. The highest BCUT2D eigenvalue weighted by Gasteiger charge is 2.47. The molecule has 4 heteroatoms. The number of hydrogen-bond donors (Lipinski definition) is 0. The topological polar surface area (TPSA) is 40.6 Å². The summed E-state index contributed by atoms with van der Waals surface area (Å²) < 4.78 is 0. The molecule has 0 spiro atoms. The van der Waals surface area contributed by atoms with Crippen LogP contribution in [0.25, 0.3) is 0 Å². The molecule has 0 radical (unpaired) electrons. The lowest BCUT2D eigenvalue weighted by molar-refractivity contribution is -0.121. The number of hydrogen-bond acceptors (Lipinski definition) is 2. The van der Waals surface area contributed by atoms with Gasteiger partial charge in [-0.05, 0) is 51.0 Å². The van der Waals surface area contributed by atoms with Crippen LogP contribution < -0.4 is 9.80 Å². The summed E-state index contributed by atoms with van der Waals surface area (Å²) in [6.45, 7) is 15.6. The summed E-state index contributed by atoms with van der Waals surface area (Å²) in [5.74, 6) is 0.215. The lowest BCUT2D eigenvalue weighted by Gasteiger charge is -2.23. The summed E-state index contributed by atoms with van der Waals surface area (Å²) >= 11 is 0. The summed E-state index contributed by atoms with van der Waals surface area (Å²) in [5.41, 5.74) is 4.79. The van der Waals surface area contributed by atoms with Gasteiger partial charge >= 0.3 is 0 Å². The van der Waals surface area contributed by atoms with Crippen LogP contribution in [0.4, 0.5) is 11.4 Å². The van der Waals surface area contributed by atoms with E-state index in [4.69, 9.17) is 0 Å². The van der Waals surface area contributed by atoms with Gasteiger partial charge in [0.1, 0.15) is 0 Å².